The Hall–Kier alpha value is -1.83. The van der Waals surface area contributed by atoms with Gasteiger partial charge in [-0.05, 0) is 37.8 Å². The fraction of sp³-hybridized carbons (Fsp3) is 0.647. The number of anilines is 1. The Kier molecular flexibility index (Phi) is 5.46. The van der Waals surface area contributed by atoms with Gasteiger partial charge in [0.15, 0.2) is 0 Å². The molecule has 1 aromatic heterocycles. The third-order valence-corrected chi connectivity index (χ3v) is 5.03. The molecule has 25 heavy (non-hydrogen) atoms. The van der Waals surface area contributed by atoms with Crippen molar-refractivity contribution in [3.05, 3.63) is 23.9 Å². The van der Waals surface area contributed by atoms with Crippen LogP contribution in [0.1, 0.15) is 44.1 Å². The summed E-state index contributed by atoms with van der Waals surface area (Å²) in [6.07, 6.45) is 3.44. The first kappa shape index (κ1) is 18.0. The van der Waals surface area contributed by atoms with Crippen LogP contribution in [-0.4, -0.2) is 41.1 Å². The lowest BCUT2D eigenvalue weighted by molar-refractivity contribution is -0.137. The number of nitrogens with zero attached hydrogens (tertiary/aromatic N) is 2. The van der Waals surface area contributed by atoms with Crippen molar-refractivity contribution in [1.29, 1.82) is 0 Å². The average Bonchev–Trinajstić information content (AvgIpc) is 3.09. The highest BCUT2D eigenvalue weighted by Crippen LogP contribution is 2.30. The van der Waals surface area contributed by atoms with Crippen LogP contribution in [0.2, 0.25) is 0 Å². The maximum Gasteiger partial charge on any atom is 0.416 e. The van der Waals surface area contributed by atoms with Gasteiger partial charge in [0.2, 0.25) is 0 Å². The molecule has 0 atom stereocenters. The monoisotopic (exact) mass is 356 g/mol. The van der Waals surface area contributed by atoms with E-state index in [1.807, 2.05) is 0 Å². The van der Waals surface area contributed by atoms with Gasteiger partial charge in [-0.2, -0.15) is 13.2 Å². The summed E-state index contributed by atoms with van der Waals surface area (Å²) in [6.45, 7) is 1.91. The van der Waals surface area contributed by atoms with E-state index in [0.717, 1.165) is 44.3 Å². The van der Waals surface area contributed by atoms with E-state index < -0.39 is 17.8 Å². The second-order valence-electron chi connectivity index (χ2n) is 6.77. The van der Waals surface area contributed by atoms with E-state index in [2.05, 4.69) is 20.5 Å². The van der Waals surface area contributed by atoms with Gasteiger partial charge in [0.1, 0.15) is 5.82 Å². The van der Waals surface area contributed by atoms with Crippen molar-refractivity contribution in [2.24, 2.45) is 0 Å². The van der Waals surface area contributed by atoms with Crippen molar-refractivity contribution in [3.63, 3.8) is 0 Å². The molecule has 1 aromatic rings. The predicted octanol–water partition coefficient (Wildman–Crippen LogP) is 3.63. The first-order chi connectivity index (χ1) is 11.9. The third-order valence-electron chi connectivity index (χ3n) is 5.03. The average molecular weight is 356 g/mol. The van der Waals surface area contributed by atoms with Crippen LogP contribution in [0.3, 0.4) is 0 Å². The summed E-state index contributed by atoms with van der Waals surface area (Å²) in [5.41, 5.74) is -0.831. The number of carbonyl (C=O) groups excluding carboxylic acids is 1. The van der Waals surface area contributed by atoms with Crippen molar-refractivity contribution < 1.29 is 18.0 Å². The minimum absolute atomic E-state index is 0.0449. The molecule has 1 saturated carbocycles. The van der Waals surface area contributed by atoms with E-state index >= 15 is 0 Å². The van der Waals surface area contributed by atoms with Crippen LogP contribution in [0.25, 0.3) is 0 Å². The van der Waals surface area contributed by atoms with Gasteiger partial charge >= 0.3 is 12.2 Å². The molecule has 5 nitrogen and oxygen atoms in total. The van der Waals surface area contributed by atoms with Gasteiger partial charge < -0.3 is 10.2 Å². The summed E-state index contributed by atoms with van der Waals surface area (Å²) in [4.78, 5) is 18.3. The Morgan fingerprint density at radius 3 is 2.48 bits per heavy atom. The second kappa shape index (κ2) is 7.59. The summed E-state index contributed by atoms with van der Waals surface area (Å²) >= 11 is 0. The fourth-order valence-corrected chi connectivity index (χ4v) is 3.69. The summed E-state index contributed by atoms with van der Waals surface area (Å²) < 4.78 is 38.0. The largest absolute Gasteiger partial charge is 0.416 e. The van der Waals surface area contributed by atoms with Crippen LogP contribution in [0, 0.1) is 0 Å². The molecule has 2 fully saturated rings. The van der Waals surface area contributed by atoms with Crippen LogP contribution < -0.4 is 10.6 Å². The van der Waals surface area contributed by atoms with Gasteiger partial charge in [0, 0.05) is 31.4 Å². The Morgan fingerprint density at radius 2 is 1.84 bits per heavy atom. The van der Waals surface area contributed by atoms with Crippen LogP contribution in [0.5, 0.6) is 0 Å². The number of likely N-dealkylation sites (tertiary alicyclic amines) is 1. The number of amides is 2. The standard InChI is InChI=1S/C17H23F3N4O/c18-17(19,20)12-5-8-21-15(11-12)23-16(25)22-13-6-9-24(10-7-13)14-3-1-2-4-14/h5,8,11,13-14H,1-4,6-7,9-10H2,(H2,21,22,23,25). The number of alkyl halides is 3. The molecule has 0 spiro atoms. The molecule has 138 valence electrons. The van der Waals surface area contributed by atoms with Gasteiger partial charge in [-0.25, -0.2) is 9.78 Å². The van der Waals surface area contributed by atoms with Crippen LogP contribution in [0.15, 0.2) is 18.3 Å². The van der Waals surface area contributed by atoms with Crippen molar-refractivity contribution in [1.82, 2.24) is 15.2 Å². The van der Waals surface area contributed by atoms with Crippen LogP contribution in [-0.2, 0) is 6.18 Å². The zero-order valence-corrected chi connectivity index (χ0v) is 14.0. The highest BCUT2D eigenvalue weighted by Gasteiger charge is 2.31. The zero-order valence-electron chi connectivity index (χ0n) is 14.0. The molecule has 2 aliphatic rings. The van der Waals surface area contributed by atoms with E-state index in [-0.39, 0.29) is 11.9 Å². The third kappa shape index (κ3) is 4.84. The molecule has 2 amide bonds. The maximum absolute atomic E-state index is 12.7. The minimum atomic E-state index is -4.46. The van der Waals surface area contributed by atoms with E-state index in [1.54, 1.807) is 0 Å². The van der Waals surface area contributed by atoms with Gasteiger partial charge in [-0.15, -0.1) is 0 Å². The van der Waals surface area contributed by atoms with Crippen LogP contribution >= 0.6 is 0 Å². The van der Waals surface area contributed by atoms with Crippen molar-refractivity contribution in [2.45, 2.75) is 56.8 Å². The van der Waals surface area contributed by atoms with E-state index in [4.69, 9.17) is 0 Å². The number of urea groups is 1. The molecule has 0 unspecified atom stereocenters. The molecule has 2 heterocycles. The molecule has 1 aliphatic carbocycles. The lowest BCUT2D eigenvalue weighted by Gasteiger charge is -2.36. The van der Waals surface area contributed by atoms with Gasteiger partial charge in [0.25, 0.3) is 0 Å². The quantitative estimate of drug-likeness (QED) is 0.870. The molecule has 8 heteroatoms. The molecule has 2 N–H and O–H groups in total. The Labute approximate surface area is 145 Å². The Morgan fingerprint density at radius 1 is 1.16 bits per heavy atom. The number of aromatic nitrogens is 1. The molecular weight excluding hydrogens is 333 g/mol. The number of pyridine rings is 1. The molecule has 0 radical (unpaired) electrons. The summed E-state index contributed by atoms with van der Waals surface area (Å²) in [7, 11) is 0. The lowest BCUT2D eigenvalue weighted by Crippen LogP contribution is -2.48. The molecular formula is C17H23F3N4O. The minimum Gasteiger partial charge on any atom is -0.335 e. The first-order valence-electron chi connectivity index (χ1n) is 8.76. The van der Waals surface area contributed by atoms with E-state index in [9.17, 15) is 18.0 Å². The Bertz CT molecular complexity index is 594. The van der Waals surface area contributed by atoms with E-state index in [0.29, 0.717) is 6.04 Å². The van der Waals surface area contributed by atoms with Crippen molar-refractivity contribution in [2.75, 3.05) is 18.4 Å². The van der Waals surface area contributed by atoms with Gasteiger partial charge in [-0.1, -0.05) is 12.8 Å². The number of carbonyl (C=O) groups is 1. The predicted molar refractivity (Wildman–Crippen MR) is 88.2 cm³/mol. The molecule has 3 rings (SSSR count). The molecule has 1 aliphatic heterocycles. The topological polar surface area (TPSA) is 57.3 Å². The molecule has 0 bridgehead atoms. The van der Waals surface area contributed by atoms with Crippen molar-refractivity contribution in [3.8, 4) is 0 Å². The second-order valence-corrected chi connectivity index (χ2v) is 6.77. The highest BCUT2D eigenvalue weighted by atomic mass is 19.4. The van der Waals surface area contributed by atoms with Gasteiger partial charge in [0.05, 0.1) is 5.56 Å². The summed E-state index contributed by atoms with van der Waals surface area (Å²) in [6, 6.07) is 1.93. The number of rotatable bonds is 3. The highest BCUT2D eigenvalue weighted by molar-refractivity contribution is 5.88. The lowest BCUT2D eigenvalue weighted by atomic mass is 10.0. The van der Waals surface area contributed by atoms with E-state index in [1.165, 1.54) is 25.7 Å². The fourth-order valence-electron chi connectivity index (χ4n) is 3.69. The molecule has 1 saturated heterocycles. The number of piperidine rings is 1. The number of hydrogen-bond acceptors (Lipinski definition) is 3. The normalized spacial score (nSPS) is 20.6. The number of halogens is 3. The SMILES string of the molecule is O=C(Nc1cc(C(F)(F)F)ccn1)NC1CCN(C2CCCC2)CC1. The first-order valence-corrected chi connectivity index (χ1v) is 8.76. The smallest absolute Gasteiger partial charge is 0.335 e. The number of nitrogens with one attached hydrogen (secondary N) is 2. The van der Waals surface area contributed by atoms with Crippen LogP contribution in [0.4, 0.5) is 23.8 Å². The van der Waals surface area contributed by atoms with Gasteiger partial charge in [-0.3, -0.25) is 5.32 Å². The molecule has 0 aromatic carbocycles. The summed E-state index contributed by atoms with van der Waals surface area (Å²) in [5.74, 6) is -0.101. The summed E-state index contributed by atoms with van der Waals surface area (Å²) in [5, 5.41) is 5.23. The number of hydrogen-bond donors (Lipinski definition) is 2. The van der Waals surface area contributed by atoms with Crippen molar-refractivity contribution >= 4 is 11.8 Å². The zero-order chi connectivity index (χ0) is 17.9. The maximum atomic E-state index is 12.7. The Balaban J connectivity index is 1.47.